The third-order valence-electron chi connectivity index (χ3n) is 5.25. The fourth-order valence-electron chi connectivity index (χ4n) is 3.61. The van der Waals surface area contributed by atoms with Crippen LogP contribution in [0.5, 0.6) is 0 Å². The van der Waals surface area contributed by atoms with Gasteiger partial charge in [0, 0.05) is 31.3 Å². The van der Waals surface area contributed by atoms with Crippen LogP contribution in [0, 0.1) is 5.82 Å². The number of imidazole rings is 1. The number of halogens is 3. The van der Waals surface area contributed by atoms with Gasteiger partial charge in [0.15, 0.2) is 0 Å². The van der Waals surface area contributed by atoms with Crippen LogP contribution in [0.25, 0.3) is 11.0 Å². The Kier molecular flexibility index (Phi) is 6.72. The molecule has 0 fully saturated rings. The SMILES string of the molecule is CC(C(=O)NCCc1ccccn1)n1c(Cc2ccc(F)cc2)nc2cc(Cl)c(Cl)cc21. The van der Waals surface area contributed by atoms with E-state index in [1.165, 1.54) is 12.1 Å². The number of hydrogen-bond acceptors (Lipinski definition) is 3. The summed E-state index contributed by atoms with van der Waals surface area (Å²) in [5.74, 6) is 0.213. The van der Waals surface area contributed by atoms with Gasteiger partial charge >= 0.3 is 0 Å². The second-order valence-corrected chi connectivity index (χ2v) is 8.31. The van der Waals surface area contributed by atoms with Gasteiger partial charge < -0.3 is 9.88 Å². The van der Waals surface area contributed by atoms with Crippen LogP contribution in [0.15, 0.2) is 60.8 Å². The molecule has 0 saturated heterocycles. The molecule has 1 unspecified atom stereocenters. The second kappa shape index (κ2) is 9.67. The highest BCUT2D eigenvalue weighted by Gasteiger charge is 2.22. The summed E-state index contributed by atoms with van der Waals surface area (Å²) in [6, 6.07) is 14.8. The monoisotopic (exact) mass is 470 g/mol. The van der Waals surface area contributed by atoms with Gasteiger partial charge in [-0.05, 0) is 48.9 Å². The van der Waals surface area contributed by atoms with E-state index in [2.05, 4.69) is 10.3 Å². The van der Waals surface area contributed by atoms with E-state index in [-0.39, 0.29) is 11.7 Å². The number of amides is 1. The lowest BCUT2D eigenvalue weighted by Crippen LogP contribution is -2.33. The lowest BCUT2D eigenvalue weighted by Gasteiger charge is -2.18. The maximum Gasteiger partial charge on any atom is 0.242 e. The first-order chi connectivity index (χ1) is 15.4. The van der Waals surface area contributed by atoms with Crippen molar-refractivity contribution in [1.29, 1.82) is 0 Å². The molecule has 0 spiro atoms. The van der Waals surface area contributed by atoms with Gasteiger partial charge in [0.05, 0.1) is 21.1 Å². The molecular formula is C24H21Cl2FN4O. The number of carbonyl (C=O) groups excluding carboxylic acids is 1. The van der Waals surface area contributed by atoms with E-state index < -0.39 is 6.04 Å². The van der Waals surface area contributed by atoms with Crippen LogP contribution in [0.1, 0.15) is 30.0 Å². The lowest BCUT2D eigenvalue weighted by molar-refractivity contribution is -0.123. The van der Waals surface area contributed by atoms with E-state index in [1.54, 1.807) is 30.5 Å². The van der Waals surface area contributed by atoms with E-state index in [0.29, 0.717) is 46.3 Å². The summed E-state index contributed by atoms with van der Waals surface area (Å²) in [4.78, 5) is 22.0. The van der Waals surface area contributed by atoms with Crippen LogP contribution in [0.3, 0.4) is 0 Å². The first-order valence-corrected chi connectivity index (χ1v) is 11.0. The molecule has 4 aromatic rings. The molecule has 0 aliphatic rings. The highest BCUT2D eigenvalue weighted by atomic mass is 35.5. The van der Waals surface area contributed by atoms with Crippen molar-refractivity contribution in [2.75, 3.05) is 6.54 Å². The third-order valence-corrected chi connectivity index (χ3v) is 5.98. The number of nitrogens with one attached hydrogen (secondary N) is 1. The van der Waals surface area contributed by atoms with Gasteiger partial charge in [-0.3, -0.25) is 9.78 Å². The number of rotatable bonds is 7. The van der Waals surface area contributed by atoms with Gasteiger partial charge in [-0.1, -0.05) is 41.4 Å². The number of hydrogen-bond donors (Lipinski definition) is 1. The Balaban J connectivity index is 1.61. The van der Waals surface area contributed by atoms with Crippen molar-refractivity contribution in [3.05, 3.63) is 93.7 Å². The molecule has 0 bridgehead atoms. The van der Waals surface area contributed by atoms with Crippen molar-refractivity contribution in [2.45, 2.75) is 25.8 Å². The predicted molar refractivity (Wildman–Crippen MR) is 125 cm³/mol. The molecule has 32 heavy (non-hydrogen) atoms. The third kappa shape index (κ3) is 4.92. The summed E-state index contributed by atoms with van der Waals surface area (Å²) >= 11 is 12.4. The quantitative estimate of drug-likeness (QED) is 0.393. The number of nitrogens with zero attached hydrogens (tertiary/aromatic N) is 3. The largest absolute Gasteiger partial charge is 0.354 e. The van der Waals surface area contributed by atoms with Crippen molar-refractivity contribution in [3.63, 3.8) is 0 Å². The standard InChI is InChI=1S/C24H21Cl2FN4O/c1-15(24(32)29-11-9-18-4-2-3-10-28-18)31-22-14-20(26)19(25)13-21(22)30-23(31)12-16-5-7-17(27)8-6-16/h2-8,10,13-15H,9,11-12H2,1H3,(H,29,32). The highest BCUT2D eigenvalue weighted by Crippen LogP contribution is 2.31. The Labute approximate surface area is 195 Å². The minimum absolute atomic E-state index is 0.147. The first-order valence-electron chi connectivity index (χ1n) is 10.2. The number of fused-ring (bicyclic) bond motifs is 1. The molecule has 2 heterocycles. The van der Waals surface area contributed by atoms with Gasteiger partial charge in [-0.15, -0.1) is 0 Å². The van der Waals surface area contributed by atoms with Crippen molar-refractivity contribution < 1.29 is 9.18 Å². The fraction of sp³-hybridized carbons (Fsp3) is 0.208. The van der Waals surface area contributed by atoms with E-state index in [9.17, 15) is 9.18 Å². The molecule has 2 aromatic carbocycles. The normalized spacial score (nSPS) is 12.1. The molecule has 0 radical (unpaired) electrons. The van der Waals surface area contributed by atoms with Gasteiger partial charge in [0.25, 0.3) is 0 Å². The number of carbonyl (C=O) groups is 1. The molecule has 2 aromatic heterocycles. The van der Waals surface area contributed by atoms with Crippen molar-refractivity contribution in [1.82, 2.24) is 19.9 Å². The first kappa shape index (κ1) is 22.2. The predicted octanol–water partition coefficient (Wildman–Crippen LogP) is 5.39. The molecule has 1 atom stereocenters. The molecule has 1 N–H and O–H groups in total. The number of pyridine rings is 1. The van der Waals surface area contributed by atoms with Crippen LogP contribution >= 0.6 is 23.2 Å². The molecule has 8 heteroatoms. The van der Waals surface area contributed by atoms with Gasteiger partial charge in [-0.25, -0.2) is 9.37 Å². The summed E-state index contributed by atoms with van der Waals surface area (Å²) in [6.07, 6.45) is 2.79. The van der Waals surface area contributed by atoms with Crippen LogP contribution in [0.4, 0.5) is 4.39 Å². The number of benzene rings is 2. The average molecular weight is 471 g/mol. The Morgan fingerprint density at radius 3 is 2.59 bits per heavy atom. The van der Waals surface area contributed by atoms with Crippen LogP contribution in [0.2, 0.25) is 10.0 Å². The summed E-state index contributed by atoms with van der Waals surface area (Å²) in [5.41, 5.74) is 3.14. The van der Waals surface area contributed by atoms with Crippen molar-refractivity contribution >= 4 is 40.1 Å². The zero-order valence-electron chi connectivity index (χ0n) is 17.4. The molecule has 5 nitrogen and oxygen atoms in total. The average Bonchev–Trinajstić information content (AvgIpc) is 3.12. The Morgan fingerprint density at radius 1 is 1.12 bits per heavy atom. The topological polar surface area (TPSA) is 59.8 Å². The Morgan fingerprint density at radius 2 is 1.88 bits per heavy atom. The molecule has 1 amide bonds. The zero-order chi connectivity index (χ0) is 22.7. The fourth-order valence-corrected chi connectivity index (χ4v) is 3.92. The van der Waals surface area contributed by atoms with Crippen molar-refractivity contribution in [2.24, 2.45) is 0 Å². The molecule has 4 rings (SSSR count). The van der Waals surface area contributed by atoms with Gasteiger partial charge in [0.2, 0.25) is 5.91 Å². The zero-order valence-corrected chi connectivity index (χ0v) is 18.9. The molecular weight excluding hydrogens is 450 g/mol. The Hall–Kier alpha value is -2.96. The minimum atomic E-state index is -0.545. The van der Waals surface area contributed by atoms with Crippen LogP contribution < -0.4 is 5.32 Å². The molecule has 0 aliphatic heterocycles. The maximum absolute atomic E-state index is 13.3. The van der Waals surface area contributed by atoms with Gasteiger partial charge in [-0.2, -0.15) is 0 Å². The van der Waals surface area contributed by atoms with E-state index in [0.717, 1.165) is 11.3 Å². The van der Waals surface area contributed by atoms with Crippen LogP contribution in [-0.4, -0.2) is 27.0 Å². The number of aromatic nitrogens is 3. The summed E-state index contributed by atoms with van der Waals surface area (Å²) < 4.78 is 15.2. The van der Waals surface area contributed by atoms with Crippen molar-refractivity contribution in [3.8, 4) is 0 Å². The smallest absolute Gasteiger partial charge is 0.242 e. The maximum atomic E-state index is 13.3. The van der Waals surface area contributed by atoms with E-state index in [1.807, 2.05) is 29.7 Å². The highest BCUT2D eigenvalue weighted by molar-refractivity contribution is 6.42. The Bertz CT molecular complexity index is 1240. The lowest BCUT2D eigenvalue weighted by atomic mass is 10.1. The second-order valence-electron chi connectivity index (χ2n) is 7.49. The molecule has 0 saturated carbocycles. The van der Waals surface area contributed by atoms with Crippen LogP contribution in [-0.2, 0) is 17.6 Å². The van der Waals surface area contributed by atoms with Gasteiger partial charge in [0.1, 0.15) is 17.7 Å². The van der Waals surface area contributed by atoms with E-state index >= 15 is 0 Å². The molecule has 164 valence electrons. The summed E-state index contributed by atoms with van der Waals surface area (Å²) in [7, 11) is 0. The minimum Gasteiger partial charge on any atom is -0.354 e. The summed E-state index contributed by atoms with van der Waals surface area (Å²) in [5, 5.41) is 3.75. The van der Waals surface area contributed by atoms with E-state index in [4.69, 9.17) is 28.2 Å². The summed E-state index contributed by atoms with van der Waals surface area (Å²) in [6.45, 7) is 2.28. The molecule has 0 aliphatic carbocycles.